The quantitative estimate of drug-likeness (QED) is 0.207. The summed E-state index contributed by atoms with van der Waals surface area (Å²) < 4.78 is 21.6. The number of hydrogen-bond acceptors (Lipinski definition) is 7. The van der Waals surface area contributed by atoms with E-state index in [-0.39, 0.29) is 27.4 Å². The van der Waals surface area contributed by atoms with E-state index in [1.807, 2.05) is 6.92 Å². The predicted molar refractivity (Wildman–Crippen MR) is 138 cm³/mol. The smallest absolute Gasteiger partial charge is 0.297 e. The number of carbonyl (C=O) groups excluding carboxylic acids is 1. The minimum absolute atomic E-state index is 0.101. The summed E-state index contributed by atoms with van der Waals surface area (Å²) in [5.74, 6) is -0.492. The first-order chi connectivity index (χ1) is 17.5. The first-order valence-corrected chi connectivity index (χ1v) is 13.0. The highest BCUT2D eigenvalue weighted by atomic mass is 32.2. The van der Waals surface area contributed by atoms with Gasteiger partial charge < -0.3 is 4.42 Å². The lowest BCUT2D eigenvalue weighted by Gasteiger charge is -2.22. The minimum Gasteiger partial charge on any atom is -0.450 e. The molecule has 1 atom stereocenters. The van der Waals surface area contributed by atoms with Crippen molar-refractivity contribution in [2.24, 2.45) is 0 Å². The standard InChI is InChI=1S/C27H18FN3O3S2/c1-15-10-12-16(13-11-15)14-35-27-30-29-26(36-27)31-22(17-6-2-4-8-19(17)28)21-23(32)18-7-3-5-9-20(18)34-24(21)25(31)33/h2-13,22H,14H2,1H3. The number of aryl methyl sites for hydroxylation is 1. The van der Waals surface area contributed by atoms with Crippen LogP contribution in [0.25, 0.3) is 11.0 Å². The molecule has 0 aliphatic carbocycles. The van der Waals surface area contributed by atoms with Gasteiger partial charge in [0, 0.05) is 11.3 Å². The molecule has 1 aliphatic heterocycles. The summed E-state index contributed by atoms with van der Waals surface area (Å²) in [6.45, 7) is 2.04. The molecular weight excluding hydrogens is 497 g/mol. The molecular formula is C27H18FN3O3S2. The Morgan fingerprint density at radius 2 is 1.75 bits per heavy atom. The van der Waals surface area contributed by atoms with E-state index < -0.39 is 17.8 Å². The zero-order chi connectivity index (χ0) is 24.8. The van der Waals surface area contributed by atoms with E-state index in [4.69, 9.17) is 4.42 Å². The molecule has 0 N–H and O–H groups in total. The number of amides is 1. The van der Waals surface area contributed by atoms with Gasteiger partial charge in [0.1, 0.15) is 17.4 Å². The lowest BCUT2D eigenvalue weighted by Crippen LogP contribution is -2.30. The molecule has 2 aromatic heterocycles. The number of benzene rings is 3. The van der Waals surface area contributed by atoms with Crippen LogP contribution in [-0.4, -0.2) is 16.1 Å². The Morgan fingerprint density at radius 1 is 1.00 bits per heavy atom. The molecule has 5 aromatic rings. The zero-order valence-electron chi connectivity index (χ0n) is 19.0. The third kappa shape index (κ3) is 3.81. The highest BCUT2D eigenvalue weighted by Crippen LogP contribution is 2.43. The first kappa shape index (κ1) is 22.6. The third-order valence-corrected chi connectivity index (χ3v) is 8.19. The van der Waals surface area contributed by atoms with Crippen LogP contribution >= 0.6 is 23.1 Å². The van der Waals surface area contributed by atoms with Crippen molar-refractivity contribution in [3.8, 4) is 0 Å². The van der Waals surface area contributed by atoms with E-state index in [1.54, 1.807) is 42.5 Å². The van der Waals surface area contributed by atoms with Crippen molar-refractivity contribution in [2.45, 2.75) is 23.1 Å². The maximum atomic E-state index is 15.0. The van der Waals surface area contributed by atoms with Crippen LogP contribution in [0.3, 0.4) is 0 Å². The number of halogens is 1. The summed E-state index contributed by atoms with van der Waals surface area (Å²) in [5.41, 5.74) is 2.55. The monoisotopic (exact) mass is 515 g/mol. The fraction of sp³-hybridized carbons (Fsp3) is 0.111. The van der Waals surface area contributed by atoms with Crippen LogP contribution in [0.4, 0.5) is 9.52 Å². The summed E-state index contributed by atoms with van der Waals surface area (Å²) in [4.78, 5) is 28.5. The molecule has 3 aromatic carbocycles. The first-order valence-electron chi connectivity index (χ1n) is 11.2. The number of thioether (sulfide) groups is 1. The molecule has 3 heterocycles. The van der Waals surface area contributed by atoms with Gasteiger partial charge in [-0.3, -0.25) is 14.5 Å². The van der Waals surface area contributed by atoms with Crippen LogP contribution in [0, 0.1) is 12.7 Å². The normalized spacial score (nSPS) is 15.0. The number of hydrogen-bond donors (Lipinski definition) is 0. The summed E-state index contributed by atoms with van der Waals surface area (Å²) in [6, 6.07) is 20.0. The Labute approximate surface area is 213 Å². The number of rotatable bonds is 5. The van der Waals surface area contributed by atoms with E-state index in [2.05, 4.69) is 34.5 Å². The second kappa shape index (κ2) is 9.00. The Bertz CT molecular complexity index is 1680. The van der Waals surface area contributed by atoms with Gasteiger partial charge in [0.05, 0.1) is 10.9 Å². The van der Waals surface area contributed by atoms with Crippen LogP contribution in [-0.2, 0) is 5.75 Å². The fourth-order valence-electron chi connectivity index (χ4n) is 4.30. The van der Waals surface area contributed by atoms with Crippen LogP contribution < -0.4 is 10.3 Å². The minimum atomic E-state index is -1.02. The van der Waals surface area contributed by atoms with Gasteiger partial charge in [-0.2, -0.15) is 0 Å². The number of para-hydroxylation sites is 1. The molecule has 1 aliphatic rings. The summed E-state index contributed by atoms with van der Waals surface area (Å²) in [5, 5.41) is 9.11. The van der Waals surface area contributed by atoms with Crippen molar-refractivity contribution < 1.29 is 13.6 Å². The summed E-state index contributed by atoms with van der Waals surface area (Å²) in [6.07, 6.45) is 0. The van der Waals surface area contributed by atoms with Crippen molar-refractivity contribution in [3.63, 3.8) is 0 Å². The molecule has 0 bridgehead atoms. The highest BCUT2D eigenvalue weighted by molar-refractivity contribution is 8.00. The van der Waals surface area contributed by atoms with Crippen molar-refractivity contribution in [3.05, 3.63) is 117 Å². The maximum absolute atomic E-state index is 15.0. The van der Waals surface area contributed by atoms with Crippen LogP contribution in [0.1, 0.15) is 38.9 Å². The van der Waals surface area contributed by atoms with Crippen molar-refractivity contribution in [2.75, 3.05) is 4.90 Å². The average molecular weight is 516 g/mol. The van der Waals surface area contributed by atoms with Gasteiger partial charge in [-0.25, -0.2) is 4.39 Å². The van der Waals surface area contributed by atoms with Gasteiger partial charge in [0.2, 0.25) is 10.9 Å². The number of fused-ring (bicyclic) bond motifs is 2. The average Bonchev–Trinajstić information content (AvgIpc) is 3.47. The van der Waals surface area contributed by atoms with E-state index >= 15 is 4.39 Å². The molecule has 0 spiro atoms. The van der Waals surface area contributed by atoms with Gasteiger partial charge >= 0.3 is 0 Å². The number of aromatic nitrogens is 2. The van der Waals surface area contributed by atoms with Gasteiger partial charge in [-0.15, -0.1) is 10.2 Å². The van der Waals surface area contributed by atoms with Crippen molar-refractivity contribution >= 4 is 45.1 Å². The summed E-state index contributed by atoms with van der Waals surface area (Å²) >= 11 is 2.72. The lowest BCUT2D eigenvalue weighted by atomic mass is 9.98. The van der Waals surface area contributed by atoms with Crippen LogP contribution in [0.2, 0.25) is 0 Å². The third-order valence-electron chi connectivity index (χ3n) is 6.06. The lowest BCUT2D eigenvalue weighted by molar-refractivity contribution is 0.0970. The Balaban J connectivity index is 1.43. The van der Waals surface area contributed by atoms with E-state index in [1.165, 1.54) is 39.6 Å². The van der Waals surface area contributed by atoms with E-state index in [0.717, 1.165) is 5.56 Å². The molecule has 9 heteroatoms. The van der Waals surface area contributed by atoms with Gasteiger partial charge in [-0.05, 0) is 30.7 Å². The molecule has 178 valence electrons. The molecule has 0 radical (unpaired) electrons. The second-order valence-electron chi connectivity index (χ2n) is 8.39. The molecule has 1 amide bonds. The Kier molecular flexibility index (Phi) is 5.66. The van der Waals surface area contributed by atoms with E-state index in [9.17, 15) is 9.59 Å². The molecule has 0 saturated carbocycles. The molecule has 0 saturated heterocycles. The molecule has 6 rings (SSSR count). The topological polar surface area (TPSA) is 76.3 Å². The number of carbonyl (C=O) groups is 1. The fourth-order valence-corrected chi connectivity index (χ4v) is 6.12. The summed E-state index contributed by atoms with van der Waals surface area (Å²) in [7, 11) is 0. The van der Waals surface area contributed by atoms with Crippen molar-refractivity contribution in [1.29, 1.82) is 0 Å². The zero-order valence-corrected chi connectivity index (χ0v) is 20.6. The molecule has 6 nitrogen and oxygen atoms in total. The van der Waals surface area contributed by atoms with E-state index in [0.29, 0.717) is 21.1 Å². The highest BCUT2D eigenvalue weighted by Gasteiger charge is 2.46. The van der Waals surface area contributed by atoms with Gasteiger partial charge in [0.25, 0.3) is 5.91 Å². The number of anilines is 1. The molecule has 0 fully saturated rings. The van der Waals surface area contributed by atoms with Crippen LogP contribution in [0.5, 0.6) is 0 Å². The van der Waals surface area contributed by atoms with Gasteiger partial charge in [-0.1, -0.05) is 83.3 Å². The maximum Gasteiger partial charge on any atom is 0.297 e. The Hall–Kier alpha value is -3.82. The Morgan fingerprint density at radius 3 is 2.56 bits per heavy atom. The SMILES string of the molecule is Cc1ccc(CSc2nnc(N3C(=O)c4oc5ccccc5c(=O)c4C3c3ccccc3F)s2)cc1. The second-order valence-corrected chi connectivity index (χ2v) is 10.6. The molecule has 36 heavy (non-hydrogen) atoms. The van der Waals surface area contributed by atoms with Gasteiger partial charge in [0.15, 0.2) is 9.77 Å². The largest absolute Gasteiger partial charge is 0.450 e. The van der Waals surface area contributed by atoms with Crippen molar-refractivity contribution in [1.82, 2.24) is 10.2 Å². The molecule has 1 unspecified atom stereocenters. The number of nitrogens with zero attached hydrogens (tertiary/aromatic N) is 3. The predicted octanol–water partition coefficient (Wildman–Crippen LogP) is 6.13. The van der Waals surface area contributed by atoms with Crippen LogP contribution in [0.15, 0.2) is 86.3 Å².